The summed E-state index contributed by atoms with van der Waals surface area (Å²) in [6.45, 7) is 9.22. The van der Waals surface area contributed by atoms with Gasteiger partial charge in [0.2, 0.25) is 0 Å². The van der Waals surface area contributed by atoms with Gasteiger partial charge >= 0.3 is 5.97 Å². The minimum Gasteiger partial charge on any atom is -0.481 e. The molecule has 11 atom stereocenters. The smallest absolute Gasteiger partial charge is 0.306 e. The van der Waals surface area contributed by atoms with E-state index in [-0.39, 0.29) is 18.1 Å². The van der Waals surface area contributed by atoms with Crippen molar-refractivity contribution < 1.29 is 20.1 Å². The molecule has 3 N–H and O–H groups in total. The third-order valence-corrected chi connectivity index (χ3v) is 11.1. The molecular formula is C27H46O4. The van der Waals surface area contributed by atoms with Crippen LogP contribution in [0.4, 0.5) is 0 Å². The summed E-state index contributed by atoms with van der Waals surface area (Å²) in [7, 11) is 0. The second-order valence-electron chi connectivity index (χ2n) is 12.6. The largest absolute Gasteiger partial charge is 0.481 e. The maximum Gasteiger partial charge on any atom is 0.306 e. The highest BCUT2D eigenvalue weighted by Crippen LogP contribution is 2.68. The molecule has 0 aromatic heterocycles. The van der Waals surface area contributed by atoms with Crippen LogP contribution in [0.15, 0.2) is 0 Å². The molecule has 4 fully saturated rings. The second-order valence-corrected chi connectivity index (χ2v) is 12.6. The number of fused-ring (bicyclic) bond motifs is 5. The van der Waals surface area contributed by atoms with Crippen LogP contribution in [-0.4, -0.2) is 33.5 Å². The van der Waals surface area contributed by atoms with Crippen molar-refractivity contribution in [3.63, 3.8) is 0 Å². The molecule has 0 bridgehead atoms. The van der Waals surface area contributed by atoms with Gasteiger partial charge in [-0.15, -0.1) is 0 Å². The first kappa shape index (κ1) is 23.5. The van der Waals surface area contributed by atoms with E-state index in [1.54, 1.807) is 0 Å². The van der Waals surface area contributed by atoms with Gasteiger partial charge in [0.15, 0.2) is 0 Å². The monoisotopic (exact) mass is 434 g/mol. The molecule has 31 heavy (non-hydrogen) atoms. The van der Waals surface area contributed by atoms with E-state index in [2.05, 4.69) is 20.8 Å². The fraction of sp³-hybridized carbons (Fsp3) is 0.963. The molecule has 0 heterocycles. The summed E-state index contributed by atoms with van der Waals surface area (Å²) in [5, 5.41) is 30.8. The van der Waals surface area contributed by atoms with Gasteiger partial charge in [-0.05, 0) is 104 Å². The van der Waals surface area contributed by atoms with Crippen LogP contribution in [0.25, 0.3) is 0 Å². The van der Waals surface area contributed by atoms with Crippen LogP contribution >= 0.6 is 0 Å². The van der Waals surface area contributed by atoms with Crippen LogP contribution in [0, 0.1) is 52.3 Å². The van der Waals surface area contributed by atoms with E-state index >= 15 is 0 Å². The van der Waals surface area contributed by atoms with Gasteiger partial charge in [0, 0.05) is 0 Å². The molecule has 178 valence electrons. The molecule has 0 amide bonds. The van der Waals surface area contributed by atoms with Crippen molar-refractivity contribution in [2.45, 2.75) is 111 Å². The number of aliphatic carboxylic acids is 1. The van der Waals surface area contributed by atoms with Crippen molar-refractivity contribution in [1.82, 2.24) is 0 Å². The summed E-state index contributed by atoms with van der Waals surface area (Å²) >= 11 is 0. The molecule has 4 heteroatoms. The summed E-state index contributed by atoms with van der Waals surface area (Å²) in [6.07, 6.45) is 11.4. The Morgan fingerprint density at radius 1 is 0.935 bits per heavy atom. The lowest BCUT2D eigenvalue weighted by Crippen LogP contribution is -2.58. The Morgan fingerprint density at radius 2 is 1.61 bits per heavy atom. The Balaban J connectivity index is 1.46. The van der Waals surface area contributed by atoms with Crippen LogP contribution < -0.4 is 0 Å². The number of aliphatic hydroxyl groups is 2. The van der Waals surface area contributed by atoms with Gasteiger partial charge in [-0.2, -0.15) is 0 Å². The number of hydrogen-bond acceptors (Lipinski definition) is 3. The van der Waals surface area contributed by atoms with Crippen LogP contribution in [0.5, 0.6) is 0 Å². The van der Waals surface area contributed by atoms with Crippen LogP contribution in [0.1, 0.15) is 98.3 Å². The molecule has 4 saturated carbocycles. The molecule has 0 aromatic rings. The Kier molecular flexibility index (Phi) is 6.55. The lowest BCUT2D eigenvalue weighted by Gasteiger charge is -2.62. The normalized spacial score (nSPS) is 48.9. The van der Waals surface area contributed by atoms with Crippen molar-refractivity contribution in [2.75, 3.05) is 0 Å². The summed E-state index contributed by atoms with van der Waals surface area (Å²) in [4.78, 5) is 11.1. The number of aliphatic hydroxyl groups excluding tert-OH is 2. The summed E-state index contributed by atoms with van der Waals surface area (Å²) in [5.74, 6) is 2.55. The third kappa shape index (κ3) is 3.98. The predicted molar refractivity (Wildman–Crippen MR) is 122 cm³/mol. The van der Waals surface area contributed by atoms with Crippen molar-refractivity contribution in [3.05, 3.63) is 0 Å². The topological polar surface area (TPSA) is 77.8 Å². The maximum atomic E-state index is 11.3. The second kappa shape index (κ2) is 8.63. The molecule has 4 aliphatic carbocycles. The summed E-state index contributed by atoms with van der Waals surface area (Å²) in [6, 6.07) is 0. The number of carboxylic acids is 1. The minimum absolute atomic E-state index is 0.170. The van der Waals surface area contributed by atoms with E-state index < -0.39 is 5.97 Å². The van der Waals surface area contributed by atoms with E-state index in [1.165, 1.54) is 25.7 Å². The fourth-order valence-electron chi connectivity index (χ4n) is 9.25. The van der Waals surface area contributed by atoms with Crippen molar-refractivity contribution in [3.8, 4) is 0 Å². The van der Waals surface area contributed by atoms with E-state index in [1.807, 2.05) is 6.92 Å². The fourth-order valence-corrected chi connectivity index (χ4v) is 9.25. The van der Waals surface area contributed by atoms with E-state index in [0.29, 0.717) is 46.3 Å². The van der Waals surface area contributed by atoms with Crippen LogP contribution in [0.2, 0.25) is 0 Å². The minimum atomic E-state index is -0.674. The average Bonchev–Trinajstić information content (AvgIpc) is 3.06. The molecule has 0 spiro atoms. The van der Waals surface area contributed by atoms with Crippen molar-refractivity contribution in [1.29, 1.82) is 0 Å². The van der Waals surface area contributed by atoms with Crippen LogP contribution in [-0.2, 0) is 4.79 Å². The van der Waals surface area contributed by atoms with Crippen molar-refractivity contribution in [2.24, 2.45) is 52.3 Å². The molecular weight excluding hydrogens is 388 g/mol. The SMILES string of the molecule is C[C@H](CCC[C@@H](C)[C@H]1CC[C@H]2[C@@H]3[C@@H](O)C[C@H]4C[C@H](O)CC[C@]4(C)[C@H]3CC[C@]12C)C(=O)O. The van der Waals surface area contributed by atoms with Gasteiger partial charge in [0.05, 0.1) is 18.1 Å². The molecule has 0 unspecified atom stereocenters. The summed E-state index contributed by atoms with van der Waals surface area (Å²) < 4.78 is 0. The number of rotatable bonds is 6. The van der Waals surface area contributed by atoms with E-state index in [0.717, 1.165) is 44.9 Å². The highest BCUT2D eigenvalue weighted by Gasteiger charge is 2.62. The molecule has 0 aliphatic heterocycles. The van der Waals surface area contributed by atoms with Crippen LogP contribution in [0.3, 0.4) is 0 Å². The molecule has 0 saturated heterocycles. The van der Waals surface area contributed by atoms with Gasteiger partial charge in [-0.3, -0.25) is 4.79 Å². The Bertz CT molecular complexity index is 664. The molecule has 0 aromatic carbocycles. The zero-order valence-corrected chi connectivity index (χ0v) is 20.2. The molecule has 4 nitrogen and oxygen atoms in total. The van der Waals surface area contributed by atoms with E-state index in [9.17, 15) is 15.0 Å². The van der Waals surface area contributed by atoms with Gasteiger partial charge in [-0.1, -0.05) is 40.5 Å². The Morgan fingerprint density at radius 3 is 2.32 bits per heavy atom. The summed E-state index contributed by atoms with van der Waals surface area (Å²) in [5.41, 5.74) is 0.610. The van der Waals surface area contributed by atoms with Gasteiger partial charge in [0.25, 0.3) is 0 Å². The Labute approximate surface area is 189 Å². The molecule has 4 aliphatic rings. The highest BCUT2D eigenvalue weighted by molar-refractivity contribution is 5.69. The number of carboxylic acid groups (broad SMARTS) is 1. The van der Waals surface area contributed by atoms with E-state index in [4.69, 9.17) is 5.11 Å². The molecule has 0 radical (unpaired) electrons. The average molecular weight is 435 g/mol. The van der Waals surface area contributed by atoms with Crippen molar-refractivity contribution >= 4 is 5.97 Å². The first-order valence-corrected chi connectivity index (χ1v) is 13.2. The highest BCUT2D eigenvalue weighted by atomic mass is 16.4. The predicted octanol–water partition coefficient (Wildman–Crippen LogP) is 5.50. The molecule has 4 rings (SSSR count). The first-order valence-electron chi connectivity index (χ1n) is 13.2. The zero-order valence-electron chi connectivity index (χ0n) is 20.2. The standard InChI is InChI=1S/C27H46O4/c1-16(6-5-7-17(2)25(30)31)20-8-9-21-24-22(11-13-27(20,21)4)26(3)12-10-19(28)14-18(26)15-23(24)29/h16-24,28-29H,5-15H2,1-4H3,(H,30,31)/t16-,17-,18-,19-,20-,21+,22+,23+,24+,26+,27-/m1/s1. The zero-order chi connectivity index (χ0) is 22.6. The Hall–Kier alpha value is -0.610. The maximum absolute atomic E-state index is 11.3. The quantitative estimate of drug-likeness (QED) is 0.515. The van der Waals surface area contributed by atoms with Gasteiger partial charge in [0.1, 0.15) is 0 Å². The number of hydrogen-bond donors (Lipinski definition) is 3. The van der Waals surface area contributed by atoms with Gasteiger partial charge < -0.3 is 15.3 Å². The van der Waals surface area contributed by atoms with Gasteiger partial charge in [-0.25, -0.2) is 0 Å². The third-order valence-electron chi connectivity index (χ3n) is 11.1. The first-order chi connectivity index (χ1) is 14.6. The lowest BCUT2D eigenvalue weighted by atomic mass is 9.43. The number of carbonyl (C=O) groups is 1. The lowest BCUT2D eigenvalue weighted by molar-refractivity contribution is -0.174.